The summed E-state index contributed by atoms with van der Waals surface area (Å²) in [4.78, 5) is 18.6. The highest BCUT2D eigenvalue weighted by Crippen LogP contribution is 2.14. The van der Waals surface area contributed by atoms with E-state index < -0.39 is 0 Å². The van der Waals surface area contributed by atoms with Gasteiger partial charge in [0.1, 0.15) is 0 Å². The van der Waals surface area contributed by atoms with Crippen molar-refractivity contribution in [3.05, 3.63) is 34.9 Å². The van der Waals surface area contributed by atoms with Crippen LogP contribution in [0.5, 0.6) is 0 Å². The van der Waals surface area contributed by atoms with Gasteiger partial charge in [0, 0.05) is 19.6 Å². The van der Waals surface area contributed by atoms with Crippen LogP contribution in [0.25, 0.3) is 0 Å². The second kappa shape index (κ2) is 8.73. The first kappa shape index (κ1) is 16.7. The van der Waals surface area contributed by atoms with Crippen LogP contribution >= 0.6 is 11.6 Å². The quantitative estimate of drug-likeness (QED) is 0.671. The molecule has 1 heterocycles. The molecule has 1 aliphatic heterocycles. The van der Waals surface area contributed by atoms with Gasteiger partial charge in [-0.3, -0.25) is 15.0 Å². The number of hydrogen-bond acceptors (Lipinski definition) is 5. The van der Waals surface area contributed by atoms with Crippen molar-refractivity contribution in [2.24, 2.45) is 4.99 Å². The first-order valence-corrected chi connectivity index (χ1v) is 7.53. The minimum atomic E-state index is -0.336. The minimum Gasteiger partial charge on any atom is -0.468 e. The van der Waals surface area contributed by atoms with Crippen molar-refractivity contribution in [3.8, 4) is 0 Å². The van der Waals surface area contributed by atoms with Crippen LogP contribution in [0.1, 0.15) is 10.4 Å². The molecule has 1 aliphatic rings. The van der Waals surface area contributed by atoms with Gasteiger partial charge in [0.15, 0.2) is 0 Å². The molecular weight excluding hydrogens is 306 g/mol. The molecule has 0 radical (unpaired) electrons. The number of benzene rings is 1. The maximum absolute atomic E-state index is 12.1. The number of morpholine rings is 1. The molecule has 1 N–H and O–H groups in total. The number of nitrogens with one attached hydrogen (secondary N) is 1. The van der Waals surface area contributed by atoms with Gasteiger partial charge < -0.3 is 9.47 Å². The summed E-state index contributed by atoms with van der Waals surface area (Å²) in [5.41, 5.74) is 0.391. The molecule has 6 nitrogen and oxygen atoms in total. The van der Waals surface area contributed by atoms with E-state index in [9.17, 15) is 4.79 Å². The Labute approximate surface area is 135 Å². The summed E-state index contributed by atoms with van der Waals surface area (Å²) in [7, 11) is 1.47. The van der Waals surface area contributed by atoms with E-state index in [4.69, 9.17) is 21.1 Å². The maximum Gasteiger partial charge on any atom is 0.291 e. The second-order valence-electron chi connectivity index (χ2n) is 4.78. The van der Waals surface area contributed by atoms with Crippen molar-refractivity contribution in [3.63, 3.8) is 0 Å². The highest BCUT2D eigenvalue weighted by Gasteiger charge is 2.13. The third kappa shape index (κ3) is 4.98. The smallest absolute Gasteiger partial charge is 0.291 e. The normalized spacial score (nSPS) is 16.4. The lowest BCUT2D eigenvalue weighted by molar-refractivity contribution is 0.0394. The molecule has 0 aromatic heterocycles. The van der Waals surface area contributed by atoms with Crippen LogP contribution in [0.3, 0.4) is 0 Å². The lowest BCUT2D eigenvalue weighted by atomic mass is 10.2. The van der Waals surface area contributed by atoms with Crippen LogP contribution in [-0.2, 0) is 9.47 Å². The van der Waals surface area contributed by atoms with Gasteiger partial charge >= 0.3 is 0 Å². The molecule has 1 amide bonds. The van der Waals surface area contributed by atoms with Crippen molar-refractivity contribution in [1.82, 2.24) is 10.2 Å². The van der Waals surface area contributed by atoms with Gasteiger partial charge in [0.25, 0.3) is 11.9 Å². The Morgan fingerprint density at radius 3 is 2.82 bits per heavy atom. The summed E-state index contributed by atoms with van der Waals surface area (Å²) >= 11 is 5.99. The molecule has 22 heavy (non-hydrogen) atoms. The van der Waals surface area contributed by atoms with Gasteiger partial charge in [-0.25, -0.2) is 4.99 Å². The predicted octanol–water partition coefficient (Wildman–Crippen LogP) is 1.40. The number of hydrogen-bond donors (Lipinski definition) is 1. The van der Waals surface area contributed by atoms with Crippen molar-refractivity contribution < 1.29 is 14.3 Å². The molecule has 0 bridgehead atoms. The van der Waals surface area contributed by atoms with Crippen molar-refractivity contribution in [1.29, 1.82) is 0 Å². The van der Waals surface area contributed by atoms with Crippen LogP contribution in [0.2, 0.25) is 5.02 Å². The highest BCUT2D eigenvalue weighted by atomic mass is 35.5. The Morgan fingerprint density at radius 2 is 2.14 bits per heavy atom. The summed E-state index contributed by atoms with van der Waals surface area (Å²) in [6.45, 7) is 4.67. The highest BCUT2D eigenvalue weighted by molar-refractivity contribution is 6.34. The zero-order chi connectivity index (χ0) is 15.8. The number of amides is 1. The van der Waals surface area contributed by atoms with Crippen LogP contribution < -0.4 is 5.32 Å². The molecule has 0 saturated carbocycles. The zero-order valence-corrected chi connectivity index (χ0v) is 13.3. The molecule has 2 rings (SSSR count). The largest absolute Gasteiger partial charge is 0.468 e. The number of rotatable bonds is 4. The number of nitrogens with zero attached hydrogens (tertiary/aromatic N) is 2. The average molecular weight is 326 g/mol. The van der Waals surface area contributed by atoms with E-state index in [0.29, 0.717) is 17.1 Å². The number of ether oxygens (including phenoxy) is 2. The molecule has 120 valence electrons. The Bertz CT molecular complexity index is 531. The maximum atomic E-state index is 12.1. The van der Waals surface area contributed by atoms with Crippen LogP contribution in [0, 0.1) is 0 Å². The topological polar surface area (TPSA) is 63.2 Å². The van der Waals surface area contributed by atoms with Gasteiger partial charge in [-0.1, -0.05) is 23.7 Å². The molecule has 1 aromatic carbocycles. The van der Waals surface area contributed by atoms with Gasteiger partial charge in [-0.2, -0.15) is 0 Å². The molecule has 0 unspecified atom stereocenters. The van der Waals surface area contributed by atoms with E-state index >= 15 is 0 Å². The summed E-state index contributed by atoms with van der Waals surface area (Å²) in [6.07, 6.45) is 0. The minimum absolute atomic E-state index is 0.193. The third-order valence-electron chi connectivity index (χ3n) is 3.31. The molecule has 0 spiro atoms. The summed E-state index contributed by atoms with van der Waals surface area (Å²) < 4.78 is 10.4. The van der Waals surface area contributed by atoms with E-state index in [0.717, 1.165) is 32.8 Å². The Balaban J connectivity index is 1.86. The summed E-state index contributed by atoms with van der Waals surface area (Å²) in [6, 6.07) is 7.03. The SMILES string of the molecule is COC(=NCCN1CCOCC1)NC(=O)c1ccccc1Cl. The number of halogens is 1. The number of methoxy groups -OCH3 is 1. The molecule has 0 aliphatic carbocycles. The molecule has 7 heteroatoms. The first-order chi connectivity index (χ1) is 10.7. The number of amidine groups is 1. The molecule has 0 atom stereocenters. The van der Waals surface area contributed by atoms with Gasteiger partial charge in [0.2, 0.25) is 0 Å². The summed E-state index contributed by atoms with van der Waals surface area (Å²) in [5, 5.41) is 3.02. The molecule has 1 aromatic rings. The first-order valence-electron chi connectivity index (χ1n) is 7.15. The number of carbonyl (C=O) groups is 1. The van der Waals surface area contributed by atoms with Crippen LogP contribution in [0.4, 0.5) is 0 Å². The fourth-order valence-electron chi connectivity index (χ4n) is 2.08. The van der Waals surface area contributed by atoms with Gasteiger partial charge in [-0.15, -0.1) is 0 Å². The Kier molecular flexibility index (Phi) is 6.64. The van der Waals surface area contributed by atoms with Crippen molar-refractivity contribution in [2.45, 2.75) is 0 Å². The molecule has 1 saturated heterocycles. The molecule has 1 fully saturated rings. The van der Waals surface area contributed by atoms with Gasteiger partial charge in [0.05, 0.1) is 37.5 Å². The fraction of sp³-hybridized carbons (Fsp3) is 0.467. The van der Waals surface area contributed by atoms with E-state index in [1.165, 1.54) is 7.11 Å². The monoisotopic (exact) mass is 325 g/mol. The second-order valence-corrected chi connectivity index (χ2v) is 5.19. The predicted molar refractivity (Wildman–Crippen MR) is 85.5 cm³/mol. The summed E-state index contributed by atoms with van der Waals surface area (Å²) in [5.74, 6) is -0.336. The molecular formula is C15H20ClN3O3. The van der Waals surface area contributed by atoms with Crippen molar-refractivity contribution in [2.75, 3.05) is 46.5 Å². The number of carbonyl (C=O) groups excluding carboxylic acids is 1. The van der Waals surface area contributed by atoms with Crippen LogP contribution in [-0.4, -0.2) is 63.3 Å². The Morgan fingerprint density at radius 1 is 1.41 bits per heavy atom. The van der Waals surface area contributed by atoms with E-state index in [1.54, 1.807) is 24.3 Å². The van der Waals surface area contributed by atoms with Gasteiger partial charge in [-0.05, 0) is 12.1 Å². The van der Waals surface area contributed by atoms with E-state index in [2.05, 4.69) is 15.2 Å². The third-order valence-corrected chi connectivity index (χ3v) is 3.64. The standard InChI is InChI=1S/C15H20ClN3O3/c1-21-15(17-6-7-19-8-10-22-11-9-19)18-14(20)12-4-2-3-5-13(12)16/h2-5H,6-11H2,1H3,(H,17,18,20). The zero-order valence-electron chi connectivity index (χ0n) is 12.5. The average Bonchev–Trinajstić information content (AvgIpc) is 2.55. The fourth-order valence-corrected chi connectivity index (χ4v) is 2.30. The lowest BCUT2D eigenvalue weighted by Crippen LogP contribution is -2.38. The van der Waals surface area contributed by atoms with Crippen molar-refractivity contribution >= 4 is 23.5 Å². The van der Waals surface area contributed by atoms with E-state index in [1.807, 2.05) is 0 Å². The Hall–Kier alpha value is -1.63. The number of aliphatic imine (C=N–C) groups is 1. The van der Waals surface area contributed by atoms with E-state index in [-0.39, 0.29) is 11.9 Å². The van der Waals surface area contributed by atoms with Crippen LogP contribution in [0.15, 0.2) is 29.3 Å². The lowest BCUT2D eigenvalue weighted by Gasteiger charge is -2.25.